The van der Waals surface area contributed by atoms with Gasteiger partial charge in [-0.15, -0.1) is 0 Å². The largest absolute Gasteiger partial charge is 0.493 e. The Hall–Kier alpha value is -2.39. The fraction of sp³-hybridized carbons (Fsp3) is 0.500. The zero-order chi connectivity index (χ0) is 21.4. The molecule has 1 amide bonds. The molecule has 29 heavy (non-hydrogen) atoms. The normalized spacial score (nSPS) is 12.1. The first-order valence-electron chi connectivity index (χ1n) is 9.36. The number of rotatable bonds is 11. The van der Waals surface area contributed by atoms with E-state index < -0.39 is 10.8 Å². The van der Waals surface area contributed by atoms with E-state index in [1.165, 1.54) is 0 Å². The van der Waals surface area contributed by atoms with Gasteiger partial charge in [0.1, 0.15) is 11.5 Å². The predicted octanol–water partition coefficient (Wildman–Crippen LogP) is 1.98. The molecule has 0 fully saturated rings. The molecule has 1 aromatic carbocycles. The summed E-state index contributed by atoms with van der Waals surface area (Å²) >= 11 is 0. The minimum absolute atomic E-state index is 0.0617. The molecule has 0 aliphatic heterocycles. The summed E-state index contributed by atoms with van der Waals surface area (Å²) in [6.45, 7) is 6.02. The monoisotopic (exact) mass is 423 g/mol. The van der Waals surface area contributed by atoms with E-state index in [1.807, 2.05) is 20.0 Å². The third kappa shape index (κ3) is 6.57. The van der Waals surface area contributed by atoms with Crippen molar-refractivity contribution >= 4 is 16.7 Å². The van der Waals surface area contributed by atoms with Crippen LogP contribution < -0.4 is 14.8 Å². The Morgan fingerprint density at radius 1 is 1.28 bits per heavy atom. The quantitative estimate of drug-likeness (QED) is 0.591. The number of amides is 1. The molecule has 8 nitrogen and oxygen atoms in total. The summed E-state index contributed by atoms with van der Waals surface area (Å²) in [6.07, 6.45) is 0. The zero-order valence-corrected chi connectivity index (χ0v) is 18.4. The summed E-state index contributed by atoms with van der Waals surface area (Å²) in [4.78, 5) is 18.5. The molecule has 0 spiro atoms. The molecule has 1 N–H and O–H groups in total. The Morgan fingerprint density at radius 2 is 2.00 bits per heavy atom. The Balaban J connectivity index is 1.98. The highest BCUT2D eigenvalue weighted by Gasteiger charge is 2.17. The van der Waals surface area contributed by atoms with Gasteiger partial charge in [0, 0.05) is 29.5 Å². The van der Waals surface area contributed by atoms with Gasteiger partial charge in [0.15, 0.2) is 11.5 Å². The highest BCUT2D eigenvalue weighted by Crippen LogP contribution is 2.32. The zero-order valence-electron chi connectivity index (χ0n) is 17.6. The number of hydrogen-bond acceptors (Lipinski definition) is 7. The minimum Gasteiger partial charge on any atom is -0.493 e. The van der Waals surface area contributed by atoms with E-state index >= 15 is 0 Å². The number of nitrogens with one attached hydrogen (secondary N) is 1. The topological polar surface area (TPSA) is 93.9 Å². The first kappa shape index (κ1) is 22.9. The van der Waals surface area contributed by atoms with E-state index in [-0.39, 0.29) is 17.4 Å². The number of benzene rings is 1. The Morgan fingerprint density at radius 3 is 2.66 bits per heavy atom. The van der Waals surface area contributed by atoms with E-state index in [2.05, 4.69) is 15.2 Å². The van der Waals surface area contributed by atoms with E-state index in [9.17, 15) is 9.00 Å². The number of nitrogens with zero attached hydrogens (tertiary/aromatic N) is 2. The van der Waals surface area contributed by atoms with Crippen molar-refractivity contribution in [1.29, 1.82) is 0 Å². The van der Waals surface area contributed by atoms with Crippen molar-refractivity contribution in [3.8, 4) is 23.0 Å². The highest BCUT2D eigenvalue weighted by molar-refractivity contribution is 7.84. The molecule has 0 aliphatic rings. The summed E-state index contributed by atoms with van der Waals surface area (Å²) in [6, 6.07) is 5.35. The van der Waals surface area contributed by atoms with Crippen molar-refractivity contribution in [2.24, 2.45) is 0 Å². The second kappa shape index (κ2) is 11.0. The first-order chi connectivity index (χ1) is 13.9. The van der Waals surface area contributed by atoms with Crippen molar-refractivity contribution in [1.82, 2.24) is 15.2 Å². The Labute approximate surface area is 174 Å². The third-order valence-electron chi connectivity index (χ3n) is 4.47. The number of aromatic nitrogens is 1. The molecule has 2 aromatic rings. The van der Waals surface area contributed by atoms with Gasteiger partial charge in [0.2, 0.25) is 11.8 Å². The SMILES string of the molecule is CCN(C)CCNC(=O)CS(=O)Cc1nc(-c2ccc(OC)c(OC)c2)oc1C. The Kier molecular flexibility index (Phi) is 8.66. The van der Waals surface area contributed by atoms with Gasteiger partial charge in [-0.1, -0.05) is 6.92 Å². The standard InChI is InChI=1S/C20H29N3O5S/c1-6-23(3)10-9-21-19(24)13-29(25)12-16-14(2)28-20(22-16)15-7-8-17(26-4)18(11-15)27-5/h7-8,11H,6,9-10,12-13H2,1-5H3,(H,21,24). The molecule has 0 saturated heterocycles. The third-order valence-corrected chi connectivity index (χ3v) is 5.65. The number of carbonyl (C=O) groups is 1. The molecule has 2 rings (SSSR count). The molecule has 0 radical (unpaired) electrons. The van der Waals surface area contributed by atoms with Crippen LogP contribution in [-0.4, -0.2) is 66.7 Å². The van der Waals surface area contributed by atoms with Crippen molar-refractivity contribution in [2.75, 3.05) is 46.7 Å². The summed E-state index contributed by atoms with van der Waals surface area (Å²) in [5, 5.41) is 2.79. The van der Waals surface area contributed by atoms with Crippen molar-refractivity contribution < 1.29 is 22.9 Å². The van der Waals surface area contributed by atoms with Gasteiger partial charge in [-0.05, 0) is 38.7 Å². The molecule has 1 aromatic heterocycles. The lowest BCUT2D eigenvalue weighted by atomic mass is 10.2. The maximum absolute atomic E-state index is 12.4. The van der Waals surface area contributed by atoms with Gasteiger partial charge in [-0.25, -0.2) is 4.98 Å². The number of oxazole rings is 1. The number of hydrogen-bond donors (Lipinski definition) is 1. The van der Waals surface area contributed by atoms with Gasteiger partial charge >= 0.3 is 0 Å². The second-order valence-corrected chi connectivity index (χ2v) is 8.02. The molecule has 9 heteroatoms. The van der Waals surface area contributed by atoms with Crippen LogP contribution in [0.3, 0.4) is 0 Å². The van der Waals surface area contributed by atoms with Gasteiger partial charge in [-0.2, -0.15) is 0 Å². The van der Waals surface area contributed by atoms with Gasteiger partial charge in [-0.3, -0.25) is 9.00 Å². The summed E-state index contributed by atoms with van der Waals surface area (Å²) in [5.74, 6) is 2.02. The lowest BCUT2D eigenvalue weighted by Gasteiger charge is -2.13. The minimum atomic E-state index is -1.37. The molecule has 160 valence electrons. The molecule has 0 aliphatic carbocycles. The molecule has 1 unspecified atom stereocenters. The number of methoxy groups -OCH3 is 2. The van der Waals surface area contributed by atoms with Crippen LogP contribution in [0.2, 0.25) is 0 Å². The maximum Gasteiger partial charge on any atom is 0.232 e. The van der Waals surface area contributed by atoms with Gasteiger partial charge < -0.3 is 24.1 Å². The number of carbonyl (C=O) groups excluding carboxylic acids is 1. The molecule has 0 bridgehead atoms. The first-order valence-corrected chi connectivity index (χ1v) is 10.9. The fourth-order valence-electron chi connectivity index (χ4n) is 2.60. The average Bonchev–Trinajstić information content (AvgIpc) is 3.07. The van der Waals surface area contributed by atoms with Crippen molar-refractivity contribution in [3.63, 3.8) is 0 Å². The molecule has 1 atom stereocenters. The fourth-order valence-corrected chi connectivity index (χ4v) is 3.67. The molecular formula is C20H29N3O5S. The molecular weight excluding hydrogens is 394 g/mol. The average molecular weight is 424 g/mol. The lowest BCUT2D eigenvalue weighted by Crippen LogP contribution is -2.35. The summed E-state index contributed by atoms with van der Waals surface area (Å²) < 4.78 is 28.7. The van der Waals surface area contributed by atoms with Crippen LogP contribution in [0.1, 0.15) is 18.4 Å². The highest BCUT2D eigenvalue weighted by atomic mass is 32.2. The number of aryl methyl sites for hydroxylation is 1. The van der Waals surface area contributed by atoms with Crippen LogP contribution in [0, 0.1) is 6.92 Å². The van der Waals surface area contributed by atoms with Crippen LogP contribution in [0.5, 0.6) is 11.5 Å². The van der Waals surface area contributed by atoms with Crippen LogP contribution in [-0.2, 0) is 21.3 Å². The maximum atomic E-state index is 12.4. The molecule has 1 heterocycles. The van der Waals surface area contributed by atoms with Crippen molar-refractivity contribution in [3.05, 3.63) is 29.7 Å². The van der Waals surface area contributed by atoms with Crippen LogP contribution >= 0.6 is 0 Å². The van der Waals surface area contributed by atoms with Gasteiger partial charge in [0.05, 0.1) is 25.7 Å². The number of ether oxygens (including phenoxy) is 2. The predicted molar refractivity (Wildman–Crippen MR) is 113 cm³/mol. The summed E-state index contributed by atoms with van der Waals surface area (Å²) in [7, 11) is 3.73. The Bertz CT molecular complexity index is 853. The van der Waals surface area contributed by atoms with E-state index in [0.717, 1.165) is 18.7 Å². The van der Waals surface area contributed by atoms with Crippen LogP contribution in [0.25, 0.3) is 11.5 Å². The van der Waals surface area contributed by atoms with E-state index in [4.69, 9.17) is 13.9 Å². The van der Waals surface area contributed by atoms with Crippen molar-refractivity contribution in [2.45, 2.75) is 19.6 Å². The van der Waals surface area contributed by atoms with E-state index in [0.29, 0.717) is 35.4 Å². The van der Waals surface area contributed by atoms with Gasteiger partial charge in [0.25, 0.3) is 0 Å². The number of likely N-dealkylation sites (N-methyl/N-ethyl adjacent to an activating group) is 1. The summed E-state index contributed by atoms with van der Waals surface area (Å²) in [5.41, 5.74) is 1.30. The second-order valence-electron chi connectivity index (χ2n) is 6.57. The van der Waals surface area contributed by atoms with Crippen LogP contribution in [0.15, 0.2) is 22.6 Å². The molecule has 0 saturated carbocycles. The van der Waals surface area contributed by atoms with E-state index in [1.54, 1.807) is 33.3 Å². The smallest absolute Gasteiger partial charge is 0.232 e. The lowest BCUT2D eigenvalue weighted by molar-refractivity contribution is -0.118. The van der Waals surface area contributed by atoms with Crippen LogP contribution in [0.4, 0.5) is 0 Å².